The van der Waals surface area contributed by atoms with Crippen LogP contribution in [0.1, 0.15) is 29.7 Å². The number of para-hydroxylation sites is 1. The fraction of sp³-hybridized carbons (Fsp3) is 0.0882. The van der Waals surface area contributed by atoms with Crippen LogP contribution in [0, 0.1) is 0 Å². The largest absolute Gasteiger partial charge is 0.489 e. The molecule has 0 fully saturated rings. The Morgan fingerprint density at radius 3 is 2.37 bits per heavy atom. The minimum absolute atomic E-state index is 0.236. The molecule has 4 aromatic carbocycles. The lowest BCUT2D eigenvalue weighted by atomic mass is 9.95. The molecule has 6 rings (SSSR count). The molecule has 1 atom stereocenters. The highest BCUT2D eigenvalue weighted by Crippen LogP contribution is 2.31. The first-order valence-electron chi connectivity index (χ1n) is 13.5. The molecule has 0 saturated carbocycles. The zero-order valence-corrected chi connectivity index (χ0v) is 25.3. The van der Waals surface area contributed by atoms with E-state index in [4.69, 9.17) is 32.9 Å². The Morgan fingerprint density at radius 1 is 0.953 bits per heavy atom. The first kappa shape index (κ1) is 28.7. The second kappa shape index (κ2) is 12.4. The van der Waals surface area contributed by atoms with Crippen molar-refractivity contribution in [3.05, 3.63) is 161 Å². The third-order valence-corrected chi connectivity index (χ3v) is 8.62. The van der Waals surface area contributed by atoms with E-state index in [9.17, 15) is 9.59 Å². The third kappa shape index (κ3) is 6.20. The minimum atomic E-state index is -0.681. The number of rotatable bonds is 7. The fourth-order valence-electron chi connectivity index (χ4n) is 4.88. The number of carbonyl (C=O) groups is 1. The Kier molecular flexibility index (Phi) is 8.29. The molecule has 0 radical (unpaired) electrons. The zero-order chi connectivity index (χ0) is 29.9. The van der Waals surface area contributed by atoms with Crippen LogP contribution in [-0.4, -0.2) is 10.5 Å². The Balaban J connectivity index is 1.34. The van der Waals surface area contributed by atoms with Crippen LogP contribution in [0.25, 0.3) is 6.08 Å². The monoisotopic (exact) mass is 625 g/mol. The van der Waals surface area contributed by atoms with Gasteiger partial charge in [-0.25, -0.2) is 4.99 Å². The van der Waals surface area contributed by atoms with Gasteiger partial charge in [0.1, 0.15) is 12.4 Å². The van der Waals surface area contributed by atoms with Crippen LogP contribution in [0.4, 0.5) is 5.69 Å². The summed E-state index contributed by atoms with van der Waals surface area (Å²) in [5, 5.41) is 4.17. The Hall–Kier alpha value is -4.43. The number of ether oxygens (including phenoxy) is 1. The van der Waals surface area contributed by atoms with Gasteiger partial charge in [-0.3, -0.25) is 14.2 Å². The van der Waals surface area contributed by atoms with Crippen LogP contribution < -0.4 is 24.9 Å². The molecule has 0 saturated heterocycles. The Labute approximate surface area is 261 Å². The molecular formula is C34H25Cl2N3O3S. The molecule has 2 heterocycles. The van der Waals surface area contributed by atoms with Crippen molar-refractivity contribution in [2.45, 2.75) is 19.6 Å². The summed E-state index contributed by atoms with van der Waals surface area (Å²) in [4.78, 5) is 32.8. The molecule has 6 nitrogen and oxygen atoms in total. The number of allylic oxidation sites excluding steroid dienone is 1. The second-order valence-corrected chi connectivity index (χ2v) is 11.8. The molecule has 0 bridgehead atoms. The zero-order valence-electron chi connectivity index (χ0n) is 23.0. The number of hydrogen-bond acceptors (Lipinski definition) is 5. The van der Waals surface area contributed by atoms with Crippen LogP contribution in [-0.2, 0) is 11.4 Å². The molecule has 43 heavy (non-hydrogen) atoms. The lowest BCUT2D eigenvalue weighted by molar-refractivity contribution is -0.113. The molecule has 1 aliphatic heterocycles. The predicted molar refractivity (Wildman–Crippen MR) is 173 cm³/mol. The van der Waals surface area contributed by atoms with Gasteiger partial charge >= 0.3 is 0 Å². The van der Waals surface area contributed by atoms with Gasteiger partial charge in [0.05, 0.1) is 21.8 Å². The number of benzene rings is 4. The van der Waals surface area contributed by atoms with Crippen LogP contribution in [0.3, 0.4) is 0 Å². The molecule has 1 N–H and O–H groups in total. The van der Waals surface area contributed by atoms with Gasteiger partial charge in [-0.05, 0) is 66.6 Å². The molecule has 5 aromatic rings. The molecule has 0 spiro atoms. The van der Waals surface area contributed by atoms with Gasteiger partial charge in [-0.1, -0.05) is 95.2 Å². The summed E-state index contributed by atoms with van der Waals surface area (Å²) in [6.07, 6.45) is 1.82. The van der Waals surface area contributed by atoms with E-state index in [0.717, 1.165) is 16.7 Å². The first-order valence-corrected chi connectivity index (χ1v) is 15.1. The maximum Gasteiger partial charge on any atom is 0.271 e. The number of aromatic nitrogens is 1. The molecule has 1 amide bonds. The number of fused-ring (bicyclic) bond motifs is 1. The highest BCUT2D eigenvalue weighted by Gasteiger charge is 2.32. The number of thiazole rings is 1. The fourth-order valence-corrected chi connectivity index (χ4v) is 6.24. The van der Waals surface area contributed by atoms with Crippen molar-refractivity contribution in [1.29, 1.82) is 0 Å². The summed E-state index contributed by atoms with van der Waals surface area (Å²) in [5.74, 6) is 0.361. The molecule has 0 aliphatic carbocycles. The molecular weight excluding hydrogens is 601 g/mol. The molecule has 9 heteroatoms. The van der Waals surface area contributed by atoms with Crippen molar-refractivity contribution in [3.63, 3.8) is 0 Å². The highest BCUT2D eigenvalue weighted by molar-refractivity contribution is 7.07. The average molecular weight is 627 g/mol. The van der Waals surface area contributed by atoms with Crippen molar-refractivity contribution in [1.82, 2.24) is 4.57 Å². The van der Waals surface area contributed by atoms with Gasteiger partial charge in [0, 0.05) is 21.3 Å². The number of nitrogens with one attached hydrogen (secondary N) is 1. The van der Waals surface area contributed by atoms with Crippen molar-refractivity contribution in [2.75, 3.05) is 5.32 Å². The average Bonchev–Trinajstić information content (AvgIpc) is 3.31. The van der Waals surface area contributed by atoms with Crippen molar-refractivity contribution >= 4 is 52.2 Å². The van der Waals surface area contributed by atoms with Crippen LogP contribution in [0.15, 0.2) is 124 Å². The van der Waals surface area contributed by atoms with Gasteiger partial charge in [0.2, 0.25) is 0 Å². The maximum atomic E-state index is 13.9. The summed E-state index contributed by atoms with van der Waals surface area (Å²) in [7, 11) is 0. The van der Waals surface area contributed by atoms with Crippen LogP contribution in [0.5, 0.6) is 5.75 Å². The van der Waals surface area contributed by atoms with Gasteiger partial charge in [-0.15, -0.1) is 0 Å². The topological polar surface area (TPSA) is 72.7 Å². The Bertz CT molecular complexity index is 2020. The Morgan fingerprint density at radius 2 is 1.65 bits per heavy atom. The molecule has 214 valence electrons. The first-order chi connectivity index (χ1) is 20.9. The van der Waals surface area contributed by atoms with Crippen molar-refractivity contribution in [3.8, 4) is 5.75 Å². The second-order valence-electron chi connectivity index (χ2n) is 9.90. The number of hydrogen-bond donors (Lipinski definition) is 1. The third-order valence-electron chi connectivity index (χ3n) is 7.01. The highest BCUT2D eigenvalue weighted by atomic mass is 35.5. The molecule has 1 aliphatic rings. The normalized spacial score (nSPS) is 14.7. The number of halogens is 2. The van der Waals surface area contributed by atoms with Crippen LogP contribution >= 0.6 is 34.5 Å². The van der Waals surface area contributed by atoms with Crippen LogP contribution in [0.2, 0.25) is 10.0 Å². The van der Waals surface area contributed by atoms with E-state index in [1.165, 1.54) is 11.3 Å². The number of carbonyl (C=O) groups excluding carboxylic acids is 1. The summed E-state index contributed by atoms with van der Waals surface area (Å²) in [6, 6.07) is 30.7. The number of anilines is 1. The van der Waals surface area contributed by atoms with E-state index in [2.05, 4.69) is 5.32 Å². The van der Waals surface area contributed by atoms with E-state index in [1.807, 2.05) is 97.1 Å². The summed E-state index contributed by atoms with van der Waals surface area (Å²) in [6.45, 7) is 2.14. The SMILES string of the molecule is CC1=C(C(=O)Nc2ccccc2)C(c2ccc(Cl)cc2)n2c(s/c(=C\c3ccc(OCc4ccccc4Cl)cc3)c2=O)=N1. The number of amides is 1. The quantitative estimate of drug-likeness (QED) is 0.217. The van der Waals surface area contributed by atoms with Gasteiger partial charge in [0.15, 0.2) is 4.80 Å². The van der Waals surface area contributed by atoms with E-state index in [1.54, 1.807) is 23.6 Å². The van der Waals surface area contributed by atoms with Gasteiger partial charge in [-0.2, -0.15) is 0 Å². The number of nitrogens with zero attached hydrogens (tertiary/aromatic N) is 2. The summed E-state index contributed by atoms with van der Waals surface area (Å²) < 4.78 is 7.99. The maximum absolute atomic E-state index is 13.9. The lowest BCUT2D eigenvalue weighted by Gasteiger charge is -2.25. The predicted octanol–water partition coefficient (Wildman–Crippen LogP) is 6.76. The molecule has 1 aromatic heterocycles. The van der Waals surface area contributed by atoms with E-state index in [-0.39, 0.29) is 11.5 Å². The summed E-state index contributed by atoms with van der Waals surface area (Å²) >= 11 is 13.7. The lowest BCUT2D eigenvalue weighted by Crippen LogP contribution is -2.40. The standard InChI is InChI=1S/C34H25Cl2N3O3S/c1-21-30(32(40)38-26-8-3-2-4-9-26)31(23-13-15-25(35)16-14-23)39-33(41)29(43-34(39)37-21)19-22-11-17-27(18-12-22)42-20-24-7-5-6-10-28(24)36/h2-19,31H,20H2,1H3,(H,38,40)/b29-19-. The van der Waals surface area contributed by atoms with Gasteiger partial charge in [0.25, 0.3) is 11.5 Å². The van der Waals surface area contributed by atoms with Crippen molar-refractivity contribution in [2.24, 2.45) is 4.99 Å². The molecule has 1 unspecified atom stereocenters. The van der Waals surface area contributed by atoms with E-state index >= 15 is 0 Å². The van der Waals surface area contributed by atoms with E-state index in [0.29, 0.717) is 48.7 Å². The van der Waals surface area contributed by atoms with Crippen molar-refractivity contribution < 1.29 is 9.53 Å². The van der Waals surface area contributed by atoms with E-state index < -0.39 is 6.04 Å². The van der Waals surface area contributed by atoms with Gasteiger partial charge < -0.3 is 10.1 Å². The minimum Gasteiger partial charge on any atom is -0.489 e. The smallest absolute Gasteiger partial charge is 0.271 e. The summed E-state index contributed by atoms with van der Waals surface area (Å²) in [5.41, 5.74) is 3.84.